The third-order valence-electron chi connectivity index (χ3n) is 3.96. The van der Waals surface area contributed by atoms with E-state index in [2.05, 4.69) is 19.2 Å². The summed E-state index contributed by atoms with van der Waals surface area (Å²) in [6.45, 7) is 4.46. The Labute approximate surface area is 113 Å². The molecule has 1 fully saturated rings. The third-order valence-corrected chi connectivity index (χ3v) is 4.91. The van der Waals surface area contributed by atoms with Crippen molar-refractivity contribution in [2.75, 3.05) is 0 Å². The molecule has 0 aromatic carbocycles. The average Bonchev–Trinajstić information content (AvgIpc) is 2.84. The maximum Gasteiger partial charge on any atom is 0.242 e. The Morgan fingerprint density at radius 1 is 1.56 bits per heavy atom. The summed E-state index contributed by atoms with van der Waals surface area (Å²) >= 11 is 1.54. The van der Waals surface area contributed by atoms with Crippen molar-refractivity contribution in [2.24, 2.45) is 11.1 Å². The standard InChI is InChI=1S/C14H22N2OS/c1-14(2)8-4-3-7-11(14)16-13(17)12(15)10-6-5-9-18-10/h5-6,9,11-12H,3-4,7-8,15H2,1-2H3,(H,16,17). The van der Waals surface area contributed by atoms with E-state index in [-0.39, 0.29) is 17.4 Å². The molecule has 0 bridgehead atoms. The predicted molar refractivity (Wildman–Crippen MR) is 75.4 cm³/mol. The minimum Gasteiger partial charge on any atom is -0.351 e. The molecule has 0 radical (unpaired) electrons. The molecule has 1 heterocycles. The first kappa shape index (κ1) is 13.6. The fraction of sp³-hybridized carbons (Fsp3) is 0.643. The molecule has 4 heteroatoms. The largest absolute Gasteiger partial charge is 0.351 e. The van der Waals surface area contributed by atoms with Gasteiger partial charge >= 0.3 is 0 Å². The molecule has 3 N–H and O–H groups in total. The number of carbonyl (C=O) groups excluding carboxylic acids is 1. The monoisotopic (exact) mass is 266 g/mol. The summed E-state index contributed by atoms with van der Waals surface area (Å²) < 4.78 is 0. The SMILES string of the molecule is CC1(C)CCCCC1NC(=O)C(N)c1cccs1. The molecule has 0 spiro atoms. The number of amides is 1. The van der Waals surface area contributed by atoms with Crippen LogP contribution < -0.4 is 11.1 Å². The maximum absolute atomic E-state index is 12.2. The number of nitrogens with one attached hydrogen (secondary N) is 1. The quantitative estimate of drug-likeness (QED) is 0.884. The first-order valence-corrected chi connectivity index (χ1v) is 7.48. The van der Waals surface area contributed by atoms with Gasteiger partial charge in [0.15, 0.2) is 0 Å². The molecule has 1 aromatic heterocycles. The van der Waals surface area contributed by atoms with E-state index >= 15 is 0 Å². The Morgan fingerprint density at radius 2 is 2.33 bits per heavy atom. The number of rotatable bonds is 3. The van der Waals surface area contributed by atoms with Crippen LogP contribution in [0.5, 0.6) is 0 Å². The van der Waals surface area contributed by atoms with Crippen molar-refractivity contribution in [3.05, 3.63) is 22.4 Å². The van der Waals surface area contributed by atoms with Gasteiger partial charge in [-0.15, -0.1) is 11.3 Å². The summed E-state index contributed by atoms with van der Waals surface area (Å²) in [5, 5.41) is 5.09. The van der Waals surface area contributed by atoms with Crippen molar-refractivity contribution < 1.29 is 4.79 Å². The molecule has 1 aliphatic rings. The van der Waals surface area contributed by atoms with E-state index in [9.17, 15) is 4.79 Å². The minimum absolute atomic E-state index is 0.0441. The van der Waals surface area contributed by atoms with E-state index in [1.807, 2.05) is 17.5 Å². The highest BCUT2D eigenvalue weighted by Crippen LogP contribution is 2.35. The van der Waals surface area contributed by atoms with Gasteiger partial charge in [0.1, 0.15) is 6.04 Å². The number of nitrogens with two attached hydrogens (primary N) is 1. The Hall–Kier alpha value is -0.870. The van der Waals surface area contributed by atoms with E-state index < -0.39 is 6.04 Å². The van der Waals surface area contributed by atoms with Gasteiger partial charge in [-0.05, 0) is 29.7 Å². The second kappa shape index (κ2) is 5.41. The van der Waals surface area contributed by atoms with Gasteiger partial charge in [-0.3, -0.25) is 4.79 Å². The van der Waals surface area contributed by atoms with Crippen LogP contribution in [0.15, 0.2) is 17.5 Å². The smallest absolute Gasteiger partial charge is 0.242 e. The topological polar surface area (TPSA) is 55.1 Å². The van der Waals surface area contributed by atoms with E-state index in [1.165, 1.54) is 30.6 Å². The average molecular weight is 266 g/mol. The molecule has 2 atom stereocenters. The molecule has 0 saturated heterocycles. The Bertz CT molecular complexity index is 400. The highest BCUT2D eigenvalue weighted by molar-refractivity contribution is 7.10. The van der Waals surface area contributed by atoms with Gasteiger partial charge in [0.25, 0.3) is 0 Å². The fourth-order valence-corrected chi connectivity index (χ4v) is 3.35. The normalized spacial score (nSPS) is 24.5. The Morgan fingerprint density at radius 3 is 2.94 bits per heavy atom. The molecule has 100 valence electrons. The Balaban J connectivity index is 1.98. The highest BCUT2D eigenvalue weighted by atomic mass is 32.1. The molecular formula is C14H22N2OS. The van der Waals surface area contributed by atoms with Gasteiger partial charge in [0.05, 0.1) is 0 Å². The van der Waals surface area contributed by atoms with Crippen LogP contribution >= 0.6 is 11.3 Å². The summed E-state index contributed by atoms with van der Waals surface area (Å²) in [5.74, 6) is -0.0441. The van der Waals surface area contributed by atoms with Gasteiger partial charge in [-0.1, -0.05) is 32.8 Å². The van der Waals surface area contributed by atoms with Crippen molar-refractivity contribution in [2.45, 2.75) is 51.6 Å². The zero-order valence-electron chi connectivity index (χ0n) is 11.1. The molecule has 1 aliphatic carbocycles. The van der Waals surface area contributed by atoms with Gasteiger partial charge < -0.3 is 11.1 Å². The zero-order chi connectivity index (χ0) is 13.2. The van der Waals surface area contributed by atoms with Gasteiger partial charge in [-0.25, -0.2) is 0 Å². The lowest BCUT2D eigenvalue weighted by Gasteiger charge is -2.39. The van der Waals surface area contributed by atoms with Crippen LogP contribution in [0.1, 0.15) is 50.4 Å². The van der Waals surface area contributed by atoms with Crippen LogP contribution in [0, 0.1) is 5.41 Å². The summed E-state index contributed by atoms with van der Waals surface area (Å²) in [6, 6.07) is 3.58. The van der Waals surface area contributed by atoms with Gasteiger partial charge in [0.2, 0.25) is 5.91 Å². The highest BCUT2D eigenvalue weighted by Gasteiger charge is 2.34. The lowest BCUT2D eigenvalue weighted by Crippen LogP contribution is -2.49. The summed E-state index contributed by atoms with van der Waals surface area (Å²) in [7, 11) is 0. The minimum atomic E-state index is -0.525. The van der Waals surface area contributed by atoms with Crippen molar-refractivity contribution in [3.8, 4) is 0 Å². The molecule has 1 aromatic rings. The molecular weight excluding hydrogens is 244 g/mol. The van der Waals surface area contributed by atoms with Crippen molar-refractivity contribution >= 4 is 17.2 Å². The van der Waals surface area contributed by atoms with E-state index in [0.29, 0.717) is 0 Å². The van der Waals surface area contributed by atoms with Gasteiger partial charge in [0, 0.05) is 10.9 Å². The third kappa shape index (κ3) is 2.93. The molecule has 1 amide bonds. The number of thiophene rings is 1. The molecule has 0 aliphatic heterocycles. The van der Waals surface area contributed by atoms with Gasteiger partial charge in [-0.2, -0.15) is 0 Å². The van der Waals surface area contributed by atoms with E-state index in [4.69, 9.17) is 5.73 Å². The summed E-state index contributed by atoms with van der Waals surface area (Å²) in [4.78, 5) is 13.1. The van der Waals surface area contributed by atoms with Crippen LogP contribution in [0.25, 0.3) is 0 Å². The van der Waals surface area contributed by atoms with Crippen molar-refractivity contribution in [1.82, 2.24) is 5.32 Å². The lowest BCUT2D eigenvalue weighted by molar-refractivity contribution is -0.124. The summed E-state index contributed by atoms with van der Waals surface area (Å²) in [6.07, 6.45) is 4.70. The molecule has 2 rings (SSSR count). The molecule has 18 heavy (non-hydrogen) atoms. The second-order valence-electron chi connectivity index (χ2n) is 5.79. The zero-order valence-corrected chi connectivity index (χ0v) is 11.9. The lowest BCUT2D eigenvalue weighted by atomic mass is 9.73. The number of hydrogen-bond donors (Lipinski definition) is 2. The summed E-state index contributed by atoms with van der Waals surface area (Å²) in [5.41, 5.74) is 6.17. The second-order valence-corrected chi connectivity index (χ2v) is 6.77. The molecule has 1 saturated carbocycles. The van der Waals surface area contributed by atoms with E-state index in [0.717, 1.165) is 11.3 Å². The van der Waals surface area contributed by atoms with Crippen LogP contribution in [0.3, 0.4) is 0 Å². The first-order valence-electron chi connectivity index (χ1n) is 6.60. The van der Waals surface area contributed by atoms with E-state index in [1.54, 1.807) is 0 Å². The van der Waals surface area contributed by atoms with Crippen molar-refractivity contribution in [1.29, 1.82) is 0 Å². The maximum atomic E-state index is 12.2. The fourth-order valence-electron chi connectivity index (χ4n) is 2.62. The molecule has 3 nitrogen and oxygen atoms in total. The van der Waals surface area contributed by atoms with Crippen LogP contribution in [0.2, 0.25) is 0 Å². The van der Waals surface area contributed by atoms with Crippen molar-refractivity contribution in [3.63, 3.8) is 0 Å². The first-order chi connectivity index (χ1) is 8.50. The Kier molecular flexibility index (Phi) is 4.07. The molecule has 2 unspecified atom stereocenters. The number of hydrogen-bond acceptors (Lipinski definition) is 3. The number of carbonyl (C=O) groups is 1. The van der Waals surface area contributed by atoms with Crippen LogP contribution in [0.4, 0.5) is 0 Å². The van der Waals surface area contributed by atoms with Crippen LogP contribution in [-0.4, -0.2) is 11.9 Å². The van der Waals surface area contributed by atoms with Crippen LogP contribution in [-0.2, 0) is 4.79 Å². The predicted octanol–water partition coefficient (Wildman–Crippen LogP) is 2.83.